The third-order valence-electron chi connectivity index (χ3n) is 2.87. The van der Waals surface area contributed by atoms with Crippen molar-refractivity contribution in [1.82, 2.24) is 0 Å². The number of aryl methyl sites for hydroxylation is 1. The van der Waals surface area contributed by atoms with Crippen LogP contribution in [0, 0.1) is 6.92 Å². The Bertz CT molecular complexity index is 621. The summed E-state index contributed by atoms with van der Waals surface area (Å²) in [5.41, 5.74) is 3.45. The molecule has 0 nitrogen and oxygen atoms in total. The standard InChI is InChI=1S/C13H8Br6/c1-7-3-2-4-9-8(7)5-6-10(12(14,15)16)11(9)13(17,18)19/h2-6H,1H3. The van der Waals surface area contributed by atoms with E-state index in [-0.39, 0.29) is 0 Å². The fraction of sp³-hybridized carbons (Fsp3) is 0.231. The molecule has 0 heterocycles. The molecule has 0 saturated heterocycles. The van der Waals surface area contributed by atoms with E-state index in [2.05, 4.69) is 133 Å². The largest absolute Gasteiger partial charge is 0.160 e. The monoisotopic (exact) mass is 638 g/mol. The normalized spacial score (nSPS) is 13.0. The van der Waals surface area contributed by atoms with Crippen LogP contribution >= 0.6 is 95.6 Å². The third kappa shape index (κ3) is 3.67. The molecule has 2 aromatic rings. The van der Waals surface area contributed by atoms with Gasteiger partial charge in [-0.15, -0.1) is 0 Å². The number of hydrogen-bond donors (Lipinski definition) is 0. The van der Waals surface area contributed by atoms with Crippen LogP contribution in [0.25, 0.3) is 10.8 Å². The fourth-order valence-corrected chi connectivity index (χ4v) is 4.33. The summed E-state index contributed by atoms with van der Waals surface area (Å²) < 4.78 is -0.961. The molecule has 0 aromatic heterocycles. The summed E-state index contributed by atoms with van der Waals surface area (Å²) in [6, 6.07) is 10.6. The molecule has 0 aliphatic carbocycles. The lowest BCUT2D eigenvalue weighted by Gasteiger charge is -2.25. The molecule has 2 aromatic carbocycles. The van der Waals surface area contributed by atoms with Crippen LogP contribution in [0.3, 0.4) is 0 Å². The summed E-state index contributed by atoms with van der Waals surface area (Å²) in [6.07, 6.45) is 0. The van der Waals surface area contributed by atoms with Crippen molar-refractivity contribution in [3.05, 3.63) is 47.0 Å². The van der Waals surface area contributed by atoms with Crippen molar-refractivity contribution in [2.75, 3.05) is 0 Å². The van der Waals surface area contributed by atoms with E-state index in [1.54, 1.807) is 0 Å². The Hall–Kier alpha value is 1.58. The molecule has 0 aliphatic heterocycles. The quantitative estimate of drug-likeness (QED) is 0.258. The van der Waals surface area contributed by atoms with Crippen molar-refractivity contribution in [2.45, 2.75) is 11.2 Å². The number of alkyl halides is 6. The summed E-state index contributed by atoms with van der Waals surface area (Å²) in [4.78, 5) is 0. The van der Waals surface area contributed by atoms with Gasteiger partial charge in [0.2, 0.25) is 0 Å². The van der Waals surface area contributed by atoms with Crippen LogP contribution in [0.4, 0.5) is 0 Å². The van der Waals surface area contributed by atoms with E-state index in [1.165, 1.54) is 16.3 Å². The van der Waals surface area contributed by atoms with Gasteiger partial charge in [-0.2, -0.15) is 0 Å². The SMILES string of the molecule is Cc1cccc2c(C(Br)(Br)Br)c(C(Br)(Br)Br)ccc12. The van der Waals surface area contributed by atoms with E-state index in [9.17, 15) is 0 Å². The van der Waals surface area contributed by atoms with Gasteiger partial charge in [0, 0.05) is 5.56 Å². The number of benzene rings is 2. The first-order chi connectivity index (χ1) is 8.62. The Labute approximate surface area is 162 Å². The average molecular weight is 644 g/mol. The number of hydrogen-bond acceptors (Lipinski definition) is 0. The molecule has 0 amide bonds. The molecule has 0 saturated carbocycles. The van der Waals surface area contributed by atoms with E-state index in [0.717, 1.165) is 11.1 Å². The minimum Gasteiger partial charge on any atom is -0.0614 e. The number of halogens is 6. The van der Waals surface area contributed by atoms with Crippen LogP contribution in [0.5, 0.6) is 0 Å². The minimum absolute atomic E-state index is 0.471. The second-order valence-corrected chi connectivity index (χ2v) is 17.7. The van der Waals surface area contributed by atoms with Crippen LogP contribution in [0.2, 0.25) is 0 Å². The van der Waals surface area contributed by atoms with Crippen molar-refractivity contribution in [1.29, 1.82) is 0 Å². The van der Waals surface area contributed by atoms with E-state index < -0.39 is 4.29 Å². The van der Waals surface area contributed by atoms with Gasteiger partial charge in [-0.05, 0) is 28.8 Å². The predicted octanol–water partition coefficient (Wildman–Crippen LogP) is 7.74. The first-order valence-electron chi connectivity index (χ1n) is 5.29. The van der Waals surface area contributed by atoms with Crippen molar-refractivity contribution >= 4 is 106 Å². The maximum absolute atomic E-state index is 3.65. The number of rotatable bonds is 0. The highest BCUT2D eigenvalue weighted by Crippen LogP contribution is 2.55. The zero-order valence-corrected chi connectivity index (χ0v) is 19.2. The molecule has 2 rings (SSSR count). The maximum atomic E-state index is 3.65. The zero-order chi connectivity index (χ0) is 14.4. The second-order valence-electron chi connectivity index (χ2n) is 4.15. The first-order valence-corrected chi connectivity index (χ1v) is 10.0. The predicted molar refractivity (Wildman–Crippen MR) is 106 cm³/mol. The number of fused-ring (bicyclic) bond motifs is 1. The molecule has 6 heteroatoms. The molecule has 19 heavy (non-hydrogen) atoms. The topological polar surface area (TPSA) is 0 Å². The Morgan fingerprint density at radius 2 is 1.37 bits per heavy atom. The summed E-state index contributed by atoms with van der Waals surface area (Å²) in [5.74, 6) is 0. The fourth-order valence-electron chi connectivity index (χ4n) is 2.06. The van der Waals surface area contributed by atoms with Gasteiger partial charge in [-0.3, -0.25) is 0 Å². The Morgan fingerprint density at radius 1 is 0.737 bits per heavy atom. The molecule has 0 spiro atoms. The molecule has 0 aliphatic rings. The smallest absolute Gasteiger partial charge is 0.0614 e. The van der Waals surface area contributed by atoms with Crippen molar-refractivity contribution < 1.29 is 0 Å². The minimum atomic E-state index is -0.490. The lowest BCUT2D eigenvalue weighted by atomic mass is 9.98. The van der Waals surface area contributed by atoms with Crippen LogP contribution in [0.1, 0.15) is 16.7 Å². The van der Waals surface area contributed by atoms with E-state index in [0.29, 0.717) is 0 Å². The Kier molecular flexibility index (Phi) is 5.35. The summed E-state index contributed by atoms with van der Waals surface area (Å²) in [5, 5.41) is 2.42. The Balaban J connectivity index is 2.94. The van der Waals surface area contributed by atoms with Crippen LogP contribution in [-0.2, 0) is 4.29 Å². The lowest BCUT2D eigenvalue weighted by Crippen LogP contribution is -2.10. The van der Waals surface area contributed by atoms with Gasteiger partial charge in [0.05, 0.1) is 0 Å². The summed E-state index contributed by atoms with van der Waals surface area (Å²) >= 11 is 21.8. The van der Waals surface area contributed by atoms with Gasteiger partial charge in [-0.1, -0.05) is 126 Å². The molecule has 0 atom stereocenters. The Morgan fingerprint density at radius 3 is 1.89 bits per heavy atom. The molecule has 0 N–H and O–H groups in total. The third-order valence-corrected chi connectivity index (χ3v) is 5.34. The van der Waals surface area contributed by atoms with Gasteiger partial charge in [0.15, 0.2) is 4.29 Å². The molecular formula is C13H8Br6. The van der Waals surface area contributed by atoms with Gasteiger partial charge >= 0.3 is 0 Å². The van der Waals surface area contributed by atoms with Crippen molar-refractivity contribution in [3.63, 3.8) is 0 Å². The summed E-state index contributed by atoms with van der Waals surface area (Å²) in [6.45, 7) is 2.12. The van der Waals surface area contributed by atoms with Gasteiger partial charge < -0.3 is 0 Å². The van der Waals surface area contributed by atoms with E-state index >= 15 is 0 Å². The van der Waals surface area contributed by atoms with Gasteiger partial charge in [0.1, 0.15) is 0 Å². The molecule has 0 fully saturated rings. The highest BCUT2D eigenvalue weighted by molar-refractivity contribution is 9.39. The van der Waals surface area contributed by atoms with Gasteiger partial charge in [-0.25, -0.2) is 0 Å². The van der Waals surface area contributed by atoms with Crippen LogP contribution in [0.15, 0.2) is 30.3 Å². The molecule has 0 unspecified atom stereocenters. The highest BCUT2D eigenvalue weighted by Gasteiger charge is 2.34. The van der Waals surface area contributed by atoms with Gasteiger partial charge in [0.25, 0.3) is 0 Å². The van der Waals surface area contributed by atoms with Crippen LogP contribution < -0.4 is 0 Å². The molecular weight excluding hydrogens is 636 g/mol. The average Bonchev–Trinajstić information content (AvgIpc) is 2.25. The lowest BCUT2D eigenvalue weighted by molar-refractivity contribution is 1.26. The van der Waals surface area contributed by atoms with Crippen molar-refractivity contribution in [3.8, 4) is 0 Å². The summed E-state index contributed by atoms with van der Waals surface area (Å²) in [7, 11) is 0. The van der Waals surface area contributed by atoms with E-state index in [4.69, 9.17) is 0 Å². The van der Waals surface area contributed by atoms with Crippen molar-refractivity contribution in [2.24, 2.45) is 0 Å². The second kappa shape index (κ2) is 5.99. The maximum Gasteiger partial charge on any atom is 0.160 e. The molecule has 0 bridgehead atoms. The highest BCUT2D eigenvalue weighted by atomic mass is 80.0. The molecule has 0 radical (unpaired) electrons. The van der Waals surface area contributed by atoms with E-state index in [1.807, 2.05) is 0 Å². The molecule has 102 valence electrons. The van der Waals surface area contributed by atoms with Crippen LogP contribution in [-0.4, -0.2) is 0 Å². The zero-order valence-electron chi connectivity index (χ0n) is 9.65. The first kappa shape index (κ1) is 16.9.